The minimum absolute atomic E-state index is 0.176. The highest BCUT2D eigenvalue weighted by Crippen LogP contribution is 2.12. The van der Waals surface area contributed by atoms with E-state index in [0.29, 0.717) is 25.5 Å². The number of hydrogen-bond acceptors (Lipinski definition) is 5. The quantitative estimate of drug-likeness (QED) is 0.552. The Kier molecular flexibility index (Phi) is 6.52. The summed E-state index contributed by atoms with van der Waals surface area (Å²) in [5.41, 5.74) is 0.176. The van der Waals surface area contributed by atoms with Crippen molar-refractivity contribution in [2.45, 2.75) is 19.9 Å². The van der Waals surface area contributed by atoms with Crippen molar-refractivity contribution in [1.82, 2.24) is 5.32 Å². The fourth-order valence-corrected chi connectivity index (χ4v) is 1.51. The average Bonchev–Trinajstić information content (AvgIpc) is 2.44. The molecule has 0 saturated heterocycles. The normalized spacial score (nSPS) is 11.7. The van der Waals surface area contributed by atoms with E-state index in [2.05, 4.69) is 5.32 Å². The smallest absolute Gasteiger partial charge is 0.335 e. The van der Waals surface area contributed by atoms with Crippen molar-refractivity contribution in [2.75, 3.05) is 19.8 Å². The van der Waals surface area contributed by atoms with Crippen molar-refractivity contribution in [3.05, 3.63) is 29.8 Å². The van der Waals surface area contributed by atoms with Gasteiger partial charge in [-0.1, -0.05) is 6.07 Å². The zero-order valence-corrected chi connectivity index (χ0v) is 11.6. The topological polar surface area (TPSA) is 84.9 Å². The zero-order chi connectivity index (χ0) is 15.0. The third-order valence-electron chi connectivity index (χ3n) is 2.54. The van der Waals surface area contributed by atoms with Gasteiger partial charge in [0, 0.05) is 6.54 Å². The Hall–Kier alpha value is -2.08. The van der Waals surface area contributed by atoms with Crippen LogP contribution in [0, 0.1) is 0 Å². The molecule has 1 rings (SSSR count). The molecular weight excluding hydrogens is 262 g/mol. The summed E-state index contributed by atoms with van der Waals surface area (Å²) in [7, 11) is 0. The molecule has 1 unspecified atom stereocenters. The number of hydrogen-bond donors (Lipinski definition) is 2. The minimum Gasteiger partial charge on any atom is -0.492 e. The molecule has 0 aliphatic rings. The van der Waals surface area contributed by atoms with Gasteiger partial charge in [0.1, 0.15) is 18.4 Å². The van der Waals surface area contributed by atoms with E-state index in [1.807, 2.05) is 0 Å². The molecular formula is C14H19NO5. The highest BCUT2D eigenvalue weighted by atomic mass is 16.5. The molecule has 0 bridgehead atoms. The molecule has 110 valence electrons. The Morgan fingerprint density at radius 1 is 1.40 bits per heavy atom. The molecule has 0 radical (unpaired) electrons. The highest BCUT2D eigenvalue weighted by molar-refractivity contribution is 5.88. The Morgan fingerprint density at radius 2 is 2.15 bits per heavy atom. The van der Waals surface area contributed by atoms with Crippen LogP contribution in [-0.4, -0.2) is 42.8 Å². The van der Waals surface area contributed by atoms with Crippen LogP contribution in [0.15, 0.2) is 24.3 Å². The Labute approximate surface area is 117 Å². The van der Waals surface area contributed by atoms with Crippen LogP contribution >= 0.6 is 0 Å². The van der Waals surface area contributed by atoms with Crippen LogP contribution < -0.4 is 10.1 Å². The van der Waals surface area contributed by atoms with Crippen LogP contribution in [0.2, 0.25) is 0 Å². The van der Waals surface area contributed by atoms with E-state index in [4.69, 9.17) is 14.6 Å². The zero-order valence-electron chi connectivity index (χ0n) is 11.6. The van der Waals surface area contributed by atoms with Crippen molar-refractivity contribution in [3.8, 4) is 5.75 Å². The van der Waals surface area contributed by atoms with Gasteiger partial charge in [0.15, 0.2) is 0 Å². The minimum atomic E-state index is -0.996. The molecule has 6 heteroatoms. The maximum atomic E-state index is 11.3. The van der Waals surface area contributed by atoms with Crippen LogP contribution in [0.1, 0.15) is 24.2 Å². The summed E-state index contributed by atoms with van der Waals surface area (Å²) >= 11 is 0. The number of carboxylic acids is 1. The standard InChI is InChI=1S/C14H19NO5/c1-3-19-14(18)10(2)15-7-8-20-12-6-4-5-11(9-12)13(16)17/h4-6,9-10,15H,3,7-8H2,1-2H3,(H,16,17). The van der Waals surface area contributed by atoms with Crippen LogP contribution in [0.4, 0.5) is 0 Å². The van der Waals surface area contributed by atoms with Gasteiger partial charge < -0.3 is 19.9 Å². The summed E-state index contributed by atoms with van der Waals surface area (Å²) in [5.74, 6) is -0.819. The maximum absolute atomic E-state index is 11.3. The first kappa shape index (κ1) is 16.0. The fourth-order valence-electron chi connectivity index (χ4n) is 1.51. The van der Waals surface area contributed by atoms with Gasteiger partial charge in [-0.15, -0.1) is 0 Å². The number of carboxylic acid groups (broad SMARTS) is 1. The molecule has 0 saturated carbocycles. The average molecular weight is 281 g/mol. The predicted octanol–water partition coefficient (Wildman–Crippen LogP) is 1.30. The van der Waals surface area contributed by atoms with Gasteiger partial charge in [0.2, 0.25) is 0 Å². The number of nitrogens with one attached hydrogen (secondary N) is 1. The molecule has 1 aromatic carbocycles. The Balaban J connectivity index is 2.32. The first-order valence-electron chi connectivity index (χ1n) is 6.40. The number of carbonyl (C=O) groups is 2. The summed E-state index contributed by atoms with van der Waals surface area (Å²) in [4.78, 5) is 22.1. The summed E-state index contributed by atoms with van der Waals surface area (Å²) in [6.45, 7) is 4.60. The summed E-state index contributed by atoms with van der Waals surface area (Å²) < 4.78 is 10.3. The van der Waals surface area contributed by atoms with Gasteiger partial charge in [0.25, 0.3) is 0 Å². The van der Waals surface area contributed by atoms with Crippen LogP contribution in [0.3, 0.4) is 0 Å². The first-order chi connectivity index (χ1) is 9.54. The third kappa shape index (κ3) is 5.27. The summed E-state index contributed by atoms with van der Waals surface area (Å²) in [5, 5.41) is 11.8. The SMILES string of the molecule is CCOC(=O)C(C)NCCOc1cccc(C(=O)O)c1. The van der Waals surface area contributed by atoms with Crippen molar-refractivity contribution in [2.24, 2.45) is 0 Å². The third-order valence-corrected chi connectivity index (χ3v) is 2.54. The highest BCUT2D eigenvalue weighted by Gasteiger charge is 2.12. The van der Waals surface area contributed by atoms with Crippen molar-refractivity contribution >= 4 is 11.9 Å². The summed E-state index contributed by atoms with van der Waals surface area (Å²) in [6.07, 6.45) is 0. The van der Waals surface area contributed by atoms with E-state index in [9.17, 15) is 9.59 Å². The van der Waals surface area contributed by atoms with Crippen molar-refractivity contribution in [1.29, 1.82) is 0 Å². The second kappa shape index (κ2) is 8.16. The van der Waals surface area contributed by atoms with Gasteiger partial charge in [-0.2, -0.15) is 0 Å². The van der Waals surface area contributed by atoms with Crippen molar-refractivity contribution < 1.29 is 24.2 Å². The van der Waals surface area contributed by atoms with Crippen LogP contribution in [0.5, 0.6) is 5.75 Å². The van der Waals surface area contributed by atoms with E-state index < -0.39 is 12.0 Å². The molecule has 0 fully saturated rings. The van der Waals surface area contributed by atoms with E-state index in [0.717, 1.165) is 0 Å². The second-order valence-corrected chi connectivity index (χ2v) is 4.11. The lowest BCUT2D eigenvalue weighted by atomic mass is 10.2. The molecule has 0 amide bonds. The van der Waals surface area contributed by atoms with Crippen molar-refractivity contribution in [3.63, 3.8) is 0 Å². The van der Waals surface area contributed by atoms with Gasteiger partial charge in [-0.25, -0.2) is 4.79 Å². The lowest BCUT2D eigenvalue weighted by Crippen LogP contribution is -2.37. The van der Waals surface area contributed by atoms with E-state index in [1.54, 1.807) is 26.0 Å². The van der Waals surface area contributed by atoms with Crippen LogP contribution in [-0.2, 0) is 9.53 Å². The van der Waals surface area contributed by atoms with Crippen LogP contribution in [0.25, 0.3) is 0 Å². The molecule has 0 aliphatic carbocycles. The van der Waals surface area contributed by atoms with Gasteiger partial charge in [0.05, 0.1) is 12.2 Å². The molecule has 0 heterocycles. The molecule has 0 aliphatic heterocycles. The molecule has 20 heavy (non-hydrogen) atoms. The van der Waals surface area contributed by atoms with Gasteiger partial charge in [-0.3, -0.25) is 4.79 Å². The van der Waals surface area contributed by atoms with E-state index in [-0.39, 0.29) is 11.5 Å². The fraction of sp³-hybridized carbons (Fsp3) is 0.429. The second-order valence-electron chi connectivity index (χ2n) is 4.11. The Morgan fingerprint density at radius 3 is 2.80 bits per heavy atom. The number of ether oxygens (including phenoxy) is 2. The number of aromatic carboxylic acids is 1. The lowest BCUT2D eigenvalue weighted by Gasteiger charge is -2.13. The lowest BCUT2D eigenvalue weighted by molar-refractivity contribution is -0.145. The number of esters is 1. The first-order valence-corrected chi connectivity index (χ1v) is 6.40. The number of rotatable bonds is 8. The molecule has 1 aromatic rings. The molecule has 6 nitrogen and oxygen atoms in total. The molecule has 2 N–H and O–H groups in total. The molecule has 0 aromatic heterocycles. The molecule has 1 atom stereocenters. The summed E-state index contributed by atoms with van der Waals surface area (Å²) in [6, 6.07) is 5.85. The van der Waals surface area contributed by atoms with Gasteiger partial charge in [-0.05, 0) is 32.0 Å². The van der Waals surface area contributed by atoms with E-state index >= 15 is 0 Å². The van der Waals surface area contributed by atoms with Gasteiger partial charge >= 0.3 is 11.9 Å². The molecule has 0 spiro atoms. The number of carbonyl (C=O) groups excluding carboxylic acids is 1. The maximum Gasteiger partial charge on any atom is 0.335 e. The monoisotopic (exact) mass is 281 g/mol. The predicted molar refractivity (Wildman–Crippen MR) is 73.0 cm³/mol. The van der Waals surface area contributed by atoms with E-state index in [1.165, 1.54) is 12.1 Å². The Bertz CT molecular complexity index is 461. The number of benzene rings is 1. The largest absolute Gasteiger partial charge is 0.492 e.